The van der Waals surface area contributed by atoms with Crippen LogP contribution in [0.25, 0.3) is 0 Å². The summed E-state index contributed by atoms with van der Waals surface area (Å²) in [6.45, 7) is 0. The Morgan fingerprint density at radius 2 is 2.07 bits per heavy atom. The molecule has 1 aliphatic rings. The molecule has 2 nitrogen and oxygen atoms in total. The summed E-state index contributed by atoms with van der Waals surface area (Å²) in [6.07, 6.45) is 0.685. The molecule has 2 rings (SSSR count). The van der Waals surface area contributed by atoms with Crippen molar-refractivity contribution in [1.29, 1.82) is 0 Å². The van der Waals surface area contributed by atoms with Crippen LogP contribution in [-0.2, 0) is 4.74 Å². The summed E-state index contributed by atoms with van der Waals surface area (Å²) in [5.74, 6) is -0.308. The number of halogens is 2. The molecule has 0 spiro atoms. The standard InChI is InChI=1S/C11H10Cl2O2/c1-15-10(14)8-5-3-2-4-7(8)9-6-11(9,12)13/h2-5,9H,6H2,1H3. The molecular weight excluding hydrogens is 235 g/mol. The van der Waals surface area contributed by atoms with E-state index >= 15 is 0 Å². The van der Waals surface area contributed by atoms with E-state index in [1.54, 1.807) is 12.1 Å². The summed E-state index contributed by atoms with van der Waals surface area (Å²) in [7, 11) is 1.36. The van der Waals surface area contributed by atoms with Crippen LogP contribution in [0, 0.1) is 0 Å². The van der Waals surface area contributed by atoms with E-state index in [0.29, 0.717) is 12.0 Å². The van der Waals surface area contributed by atoms with Crippen molar-refractivity contribution < 1.29 is 9.53 Å². The summed E-state index contributed by atoms with van der Waals surface area (Å²) in [5.41, 5.74) is 1.42. The van der Waals surface area contributed by atoms with Gasteiger partial charge in [-0.15, -0.1) is 23.2 Å². The van der Waals surface area contributed by atoms with Crippen LogP contribution in [0.1, 0.15) is 28.3 Å². The van der Waals surface area contributed by atoms with E-state index < -0.39 is 4.33 Å². The van der Waals surface area contributed by atoms with Gasteiger partial charge in [0.1, 0.15) is 4.33 Å². The van der Waals surface area contributed by atoms with Crippen molar-refractivity contribution in [3.63, 3.8) is 0 Å². The van der Waals surface area contributed by atoms with E-state index in [9.17, 15) is 4.79 Å². The van der Waals surface area contributed by atoms with E-state index in [-0.39, 0.29) is 11.9 Å². The number of esters is 1. The van der Waals surface area contributed by atoms with E-state index in [2.05, 4.69) is 0 Å². The van der Waals surface area contributed by atoms with Crippen LogP contribution in [0.5, 0.6) is 0 Å². The van der Waals surface area contributed by atoms with E-state index in [1.165, 1.54) is 7.11 Å². The average Bonchev–Trinajstić information content (AvgIpc) is 2.86. The third-order valence-corrected chi connectivity index (χ3v) is 3.40. The van der Waals surface area contributed by atoms with Gasteiger partial charge in [-0.25, -0.2) is 4.79 Å². The second-order valence-electron chi connectivity index (χ2n) is 3.60. The minimum atomic E-state index is -0.718. The molecule has 0 heterocycles. The van der Waals surface area contributed by atoms with Gasteiger partial charge in [0.05, 0.1) is 12.7 Å². The number of hydrogen-bond acceptors (Lipinski definition) is 2. The molecule has 1 fully saturated rings. The average molecular weight is 245 g/mol. The first kappa shape index (κ1) is 10.8. The smallest absolute Gasteiger partial charge is 0.338 e. The number of hydrogen-bond donors (Lipinski definition) is 0. The molecule has 4 heteroatoms. The number of carbonyl (C=O) groups is 1. The monoisotopic (exact) mass is 244 g/mol. The van der Waals surface area contributed by atoms with Crippen LogP contribution in [-0.4, -0.2) is 17.4 Å². The zero-order valence-corrected chi connectivity index (χ0v) is 9.68. The fraction of sp³-hybridized carbons (Fsp3) is 0.364. The summed E-state index contributed by atoms with van der Waals surface area (Å²) in [4.78, 5) is 11.5. The highest BCUT2D eigenvalue weighted by Gasteiger charge is 2.53. The molecule has 1 aromatic carbocycles. The molecule has 0 N–H and O–H groups in total. The normalized spacial score (nSPS) is 22.2. The Morgan fingerprint density at radius 1 is 1.47 bits per heavy atom. The first-order valence-electron chi connectivity index (χ1n) is 4.61. The lowest BCUT2D eigenvalue weighted by atomic mass is 10.0. The molecule has 1 aromatic rings. The Balaban J connectivity index is 2.36. The maximum absolute atomic E-state index is 11.5. The molecule has 0 aromatic heterocycles. The lowest BCUT2D eigenvalue weighted by Crippen LogP contribution is -2.06. The first-order chi connectivity index (χ1) is 7.06. The Bertz CT molecular complexity index is 401. The number of rotatable bonds is 2. The minimum absolute atomic E-state index is 0.0381. The fourth-order valence-electron chi connectivity index (χ4n) is 1.65. The van der Waals surface area contributed by atoms with Gasteiger partial charge in [-0.2, -0.15) is 0 Å². The SMILES string of the molecule is COC(=O)c1ccccc1C1CC1(Cl)Cl. The van der Waals surface area contributed by atoms with E-state index in [4.69, 9.17) is 27.9 Å². The number of alkyl halides is 2. The largest absolute Gasteiger partial charge is 0.465 e. The summed E-state index contributed by atoms with van der Waals surface area (Å²) in [5, 5.41) is 0. The summed E-state index contributed by atoms with van der Waals surface area (Å²) < 4.78 is 3.98. The van der Waals surface area contributed by atoms with Crippen LogP contribution >= 0.6 is 23.2 Å². The molecule has 0 bridgehead atoms. The summed E-state index contributed by atoms with van der Waals surface area (Å²) in [6, 6.07) is 7.25. The summed E-state index contributed by atoms with van der Waals surface area (Å²) >= 11 is 11.9. The first-order valence-corrected chi connectivity index (χ1v) is 5.37. The van der Waals surface area contributed by atoms with Crippen molar-refractivity contribution >= 4 is 29.2 Å². The van der Waals surface area contributed by atoms with E-state index in [0.717, 1.165) is 5.56 Å². The molecule has 1 atom stereocenters. The number of methoxy groups -OCH3 is 1. The highest BCUT2D eigenvalue weighted by Crippen LogP contribution is 2.60. The van der Waals surface area contributed by atoms with Gasteiger partial charge in [0, 0.05) is 5.92 Å². The van der Waals surface area contributed by atoms with Crippen molar-refractivity contribution in [2.45, 2.75) is 16.7 Å². The van der Waals surface area contributed by atoms with Crippen molar-refractivity contribution in [3.05, 3.63) is 35.4 Å². The van der Waals surface area contributed by atoms with Gasteiger partial charge < -0.3 is 4.74 Å². The second-order valence-corrected chi connectivity index (χ2v) is 5.14. The van der Waals surface area contributed by atoms with Crippen molar-refractivity contribution in [2.24, 2.45) is 0 Å². The molecule has 0 radical (unpaired) electrons. The molecule has 1 unspecified atom stereocenters. The second kappa shape index (κ2) is 3.69. The van der Waals surface area contributed by atoms with Crippen LogP contribution in [0.4, 0.5) is 0 Å². The molecule has 80 valence electrons. The number of carbonyl (C=O) groups excluding carboxylic acids is 1. The molecule has 0 aliphatic heterocycles. The molecule has 0 saturated heterocycles. The highest BCUT2D eigenvalue weighted by atomic mass is 35.5. The van der Waals surface area contributed by atoms with Gasteiger partial charge in [0.2, 0.25) is 0 Å². The minimum Gasteiger partial charge on any atom is -0.465 e. The zero-order valence-electron chi connectivity index (χ0n) is 8.17. The maximum atomic E-state index is 11.5. The lowest BCUT2D eigenvalue weighted by Gasteiger charge is -2.07. The van der Waals surface area contributed by atoms with Crippen molar-refractivity contribution in [1.82, 2.24) is 0 Å². The zero-order chi connectivity index (χ0) is 11.1. The molecule has 15 heavy (non-hydrogen) atoms. The fourth-order valence-corrected chi connectivity index (χ4v) is 2.19. The third-order valence-electron chi connectivity index (χ3n) is 2.57. The predicted octanol–water partition coefficient (Wildman–Crippen LogP) is 3.13. The number of benzene rings is 1. The van der Waals surface area contributed by atoms with E-state index in [1.807, 2.05) is 12.1 Å². The van der Waals surface area contributed by atoms with Crippen LogP contribution in [0.15, 0.2) is 24.3 Å². The molecule has 1 saturated carbocycles. The van der Waals surface area contributed by atoms with Gasteiger partial charge in [-0.1, -0.05) is 18.2 Å². The Labute approximate surface area is 98.1 Å². The molecular formula is C11H10Cl2O2. The topological polar surface area (TPSA) is 26.3 Å². The van der Waals surface area contributed by atoms with Crippen molar-refractivity contribution in [2.75, 3.05) is 7.11 Å². The predicted molar refractivity (Wildman–Crippen MR) is 59.6 cm³/mol. The van der Waals surface area contributed by atoms with Gasteiger partial charge in [-0.3, -0.25) is 0 Å². The van der Waals surface area contributed by atoms with Crippen LogP contribution in [0.2, 0.25) is 0 Å². The van der Waals surface area contributed by atoms with Gasteiger partial charge in [-0.05, 0) is 18.1 Å². The van der Waals surface area contributed by atoms with Gasteiger partial charge in [0.25, 0.3) is 0 Å². The van der Waals surface area contributed by atoms with Gasteiger partial charge >= 0.3 is 5.97 Å². The Hall–Kier alpha value is -0.730. The highest BCUT2D eigenvalue weighted by molar-refractivity contribution is 6.51. The Morgan fingerprint density at radius 3 is 2.60 bits per heavy atom. The lowest BCUT2D eigenvalue weighted by molar-refractivity contribution is 0.0599. The third kappa shape index (κ3) is 1.97. The molecule has 1 aliphatic carbocycles. The van der Waals surface area contributed by atoms with Crippen LogP contribution in [0.3, 0.4) is 0 Å². The van der Waals surface area contributed by atoms with Crippen LogP contribution < -0.4 is 0 Å². The quantitative estimate of drug-likeness (QED) is 0.591. The Kier molecular flexibility index (Phi) is 2.65. The maximum Gasteiger partial charge on any atom is 0.338 e. The number of ether oxygens (including phenoxy) is 1. The van der Waals surface area contributed by atoms with Crippen molar-refractivity contribution in [3.8, 4) is 0 Å². The van der Waals surface area contributed by atoms with Gasteiger partial charge in [0.15, 0.2) is 0 Å². The molecule has 0 amide bonds.